The van der Waals surface area contributed by atoms with E-state index in [-0.39, 0.29) is 5.91 Å². The molecule has 1 saturated heterocycles. The lowest BCUT2D eigenvalue weighted by molar-refractivity contribution is -0.127. The van der Waals surface area contributed by atoms with Crippen LogP contribution < -0.4 is 16.0 Å². The topological polar surface area (TPSA) is 120 Å². The normalized spacial score (nSPS) is 20.3. The Kier molecular flexibility index (Phi) is 4.43. The van der Waals surface area contributed by atoms with Crippen LogP contribution in [0.2, 0.25) is 0 Å². The Hall–Kier alpha value is -3.26. The highest BCUT2D eigenvalue weighted by molar-refractivity contribution is 6.07. The summed E-state index contributed by atoms with van der Waals surface area (Å²) in [5.41, 5.74) is 0.766. The molecule has 2 heterocycles. The molecule has 0 spiro atoms. The van der Waals surface area contributed by atoms with Gasteiger partial charge in [0.2, 0.25) is 5.91 Å². The fourth-order valence-corrected chi connectivity index (χ4v) is 2.76. The number of aliphatic hydroxyl groups excluding tert-OH is 1. The van der Waals surface area contributed by atoms with Gasteiger partial charge in [-0.3, -0.25) is 14.9 Å². The van der Waals surface area contributed by atoms with Crippen molar-refractivity contribution in [2.45, 2.75) is 25.5 Å². The molecule has 8 nitrogen and oxygen atoms in total. The highest BCUT2D eigenvalue weighted by Crippen LogP contribution is 2.30. The maximum absolute atomic E-state index is 11.9. The number of nitrogens with zero attached hydrogens (tertiary/aromatic N) is 1. The Morgan fingerprint density at radius 1 is 1.15 bits per heavy atom. The molecule has 2 atom stereocenters. The van der Waals surface area contributed by atoms with Crippen molar-refractivity contribution in [3.63, 3.8) is 0 Å². The third kappa shape index (κ3) is 3.27. The number of hydrogen-bond donors (Lipinski definition) is 4. The van der Waals surface area contributed by atoms with Crippen LogP contribution in [0.1, 0.15) is 25.5 Å². The highest BCUT2D eigenvalue weighted by Gasteiger charge is 2.48. The minimum Gasteiger partial charge on any atom is -0.385 e. The molecule has 8 heteroatoms. The summed E-state index contributed by atoms with van der Waals surface area (Å²) >= 11 is 0. The van der Waals surface area contributed by atoms with Crippen LogP contribution in [0.3, 0.4) is 0 Å². The maximum Gasteiger partial charge on any atom is 0.322 e. The molecule has 4 amide bonds. The Morgan fingerprint density at radius 2 is 1.81 bits per heavy atom. The number of imide groups is 1. The van der Waals surface area contributed by atoms with Crippen molar-refractivity contribution >= 4 is 23.7 Å². The minimum absolute atomic E-state index is 0.194. The zero-order chi connectivity index (χ0) is 18.9. The van der Waals surface area contributed by atoms with E-state index >= 15 is 0 Å². The predicted octanol–water partition coefficient (Wildman–Crippen LogP) is 1.34. The first-order chi connectivity index (χ1) is 12.3. The van der Waals surface area contributed by atoms with Crippen LogP contribution in [-0.4, -0.2) is 33.5 Å². The molecule has 0 saturated carbocycles. The number of pyridine rings is 1. The molecule has 134 valence electrons. The van der Waals surface area contributed by atoms with E-state index in [1.807, 2.05) is 6.07 Å². The van der Waals surface area contributed by atoms with E-state index in [4.69, 9.17) is 0 Å². The van der Waals surface area contributed by atoms with Crippen molar-refractivity contribution in [1.82, 2.24) is 15.6 Å². The number of anilines is 1. The molecule has 1 aromatic carbocycles. The number of urea groups is 1. The second-order valence-electron chi connectivity index (χ2n) is 6.25. The van der Waals surface area contributed by atoms with Crippen molar-refractivity contribution in [1.29, 1.82) is 0 Å². The zero-order valence-corrected chi connectivity index (χ0v) is 14.2. The zero-order valence-electron chi connectivity index (χ0n) is 14.2. The lowest BCUT2D eigenvalue weighted by atomic mass is 9.89. The molecule has 0 bridgehead atoms. The third-order valence-electron chi connectivity index (χ3n) is 4.25. The van der Waals surface area contributed by atoms with E-state index in [2.05, 4.69) is 20.9 Å². The van der Waals surface area contributed by atoms with Gasteiger partial charge in [0.1, 0.15) is 17.5 Å². The van der Waals surface area contributed by atoms with Gasteiger partial charge in [-0.15, -0.1) is 0 Å². The average Bonchev–Trinajstić information content (AvgIpc) is 2.87. The lowest BCUT2D eigenvalue weighted by Gasteiger charge is -2.27. The highest BCUT2D eigenvalue weighted by atomic mass is 16.3. The molecule has 26 heavy (non-hydrogen) atoms. The maximum atomic E-state index is 11.9. The largest absolute Gasteiger partial charge is 0.385 e. The number of aromatic nitrogens is 1. The number of aliphatic hydroxyl groups is 1. The van der Waals surface area contributed by atoms with Crippen molar-refractivity contribution in [2.24, 2.45) is 0 Å². The summed E-state index contributed by atoms with van der Waals surface area (Å²) in [5.74, 6) is -0.304. The number of rotatable bonds is 4. The molecule has 2 unspecified atom stereocenters. The fourth-order valence-electron chi connectivity index (χ4n) is 2.76. The van der Waals surface area contributed by atoms with Crippen LogP contribution in [-0.2, 0) is 9.59 Å². The third-order valence-corrected chi connectivity index (χ3v) is 4.25. The van der Waals surface area contributed by atoms with Gasteiger partial charge in [0, 0.05) is 18.7 Å². The molecule has 2 aromatic rings. The quantitative estimate of drug-likeness (QED) is 0.618. The molecule has 0 radical (unpaired) electrons. The van der Waals surface area contributed by atoms with Crippen LogP contribution in [0.25, 0.3) is 11.1 Å². The van der Waals surface area contributed by atoms with Crippen molar-refractivity contribution in [3.05, 3.63) is 48.2 Å². The molecule has 1 aliphatic heterocycles. The number of carbonyl (C=O) groups is 3. The first-order valence-corrected chi connectivity index (χ1v) is 7.95. The van der Waals surface area contributed by atoms with Crippen molar-refractivity contribution in [2.75, 3.05) is 5.32 Å². The monoisotopic (exact) mass is 354 g/mol. The number of nitrogens with one attached hydrogen (secondary N) is 3. The van der Waals surface area contributed by atoms with Gasteiger partial charge in [-0.1, -0.05) is 24.3 Å². The summed E-state index contributed by atoms with van der Waals surface area (Å²) in [4.78, 5) is 38.5. The number of benzene rings is 1. The average molecular weight is 354 g/mol. The molecular formula is C18H18N4O4. The van der Waals surface area contributed by atoms with Gasteiger partial charge in [-0.05, 0) is 30.2 Å². The molecule has 0 aliphatic carbocycles. The second kappa shape index (κ2) is 6.57. The molecule has 4 N–H and O–H groups in total. The van der Waals surface area contributed by atoms with E-state index < -0.39 is 23.6 Å². The van der Waals surface area contributed by atoms with Gasteiger partial charge < -0.3 is 15.7 Å². The van der Waals surface area contributed by atoms with E-state index in [9.17, 15) is 19.5 Å². The first kappa shape index (κ1) is 17.6. The Balaban J connectivity index is 1.79. The molecule has 1 fully saturated rings. The molecule has 1 aromatic heterocycles. The molecule has 3 rings (SSSR count). The number of hydrogen-bond acceptors (Lipinski definition) is 5. The fraction of sp³-hybridized carbons (Fsp3) is 0.222. The van der Waals surface area contributed by atoms with Crippen LogP contribution in [0.15, 0.2) is 42.6 Å². The Labute approximate surface area is 149 Å². The van der Waals surface area contributed by atoms with Crippen molar-refractivity contribution in [3.8, 4) is 11.1 Å². The second-order valence-corrected chi connectivity index (χ2v) is 6.25. The van der Waals surface area contributed by atoms with Gasteiger partial charge >= 0.3 is 6.03 Å². The molecule has 1 aliphatic rings. The predicted molar refractivity (Wildman–Crippen MR) is 94.0 cm³/mol. The summed E-state index contributed by atoms with van der Waals surface area (Å²) in [6.45, 7) is 2.88. The van der Waals surface area contributed by atoms with Crippen LogP contribution in [0.5, 0.6) is 0 Å². The van der Waals surface area contributed by atoms with E-state index in [1.54, 1.807) is 36.5 Å². The number of amides is 4. The van der Waals surface area contributed by atoms with E-state index in [1.165, 1.54) is 13.8 Å². The standard InChI is InChI=1S/C18H18N4O4/c1-10(23)20-14-8-7-13(9-19-14)11-3-5-12(6-4-11)15(24)18(2)16(25)21-17(26)22-18/h3-9,15,24H,1-2H3,(H,19,20,23)(H2,21,22,25,26). The van der Waals surface area contributed by atoms with Gasteiger partial charge in [0.25, 0.3) is 5.91 Å². The summed E-state index contributed by atoms with van der Waals surface area (Å²) in [6.07, 6.45) is 0.436. The summed E-state index contributed by atoms with van der Waals surface area (Å²) in [5, 5.41) is 17.7. The SMILES string of the molecule is CC(=O)Nc1ccc(-c2ccc(C(O)C3(C)NC(=O)NC3=O)cc2)cn1. The van der Waals surface area contributed by atoms with E-state index in [0.29, 0.717) is 11.4 Å². The summed E-state index contributed by atoms with van der Waals surface area (Å²) in [6, 6.07) is 9.82. The van der Waals surface area contributed by atoms with E-state index in [0.717, 1.165) is 11.1 Å². The van der Waals surface area contributed by atoms with Crippen molar-refractivity contribution < 1.29 is 19.5 Å². The Bertz CT molecular complexity index is 864. The smallest absolute Gasteiger partial charge is 0.322 e. The first-order valence-electron chi connectivity index (χ1n) is 7.95. The number of carbonyl (C=O) groups excluding carboxylic acids is 3. The van der Waals surface area contributed by atoms with Gasteiger partial charge in [0.05, 0.1) is 0 Å². The van der Waals surface area contributed by atoms with Crippen LogP contribution in [0, 0.1) is 0 Å². The van der Waals surface area contributed by atoms with Gasteiger partial charge in [-0.25, -0.2) is 9.78 Å². The lowest BCUT2D eigenvalue weighted by Crippen LogP contribution is -2.49. The van der Waals surface area contributed by atoms with Crippen LogP contribution >= 0.6 is 0 Å². The summed E-state index contributed by atoms with van der Waals surface area (Å²) < 4.78 is 0. The summed E-state index contributed by atoms with van der Waals surface area (Å²) in [7, 11) is 0. The van der Waals surface area contributed by atoms with Gasteiger partial charge in [0.15, 0.2) is 0 Å². The van der Waals surface area contributed by atoms with Crippen LogP contribution in [0.4, 0.5) is 10.6 Å². The Morgan fingerprint density at radius 3 is 2.31 bits per heavy atom. The molecular weight excluding hydrogens is 336 g/mol. The minimum atomic E-state index is -1.42. The van der Waals surface area contributed by atoms with Gasteiger partial charge in [-0.2, -0.15) is 0 Å².